The minimum atomic E-state index is -2.61. The number of benzene rings is 2. The van der Waals surface area contributed by atoms with E-state index in [1.807, 2.05) is 31.3 Å². The number of nitrogens with zero attached hydrogens (tertiary/aromatic N) is 1. The van der Waals surface area contributed by atoms with Crippen LogP contribution in [-0.4, -0.2) is 52.7 Å². The number of carboxylic acid groups (broad SMARTS) is 1. The molecule has 8 heteroatoms. The normalized spacial score (nSPS) is 22.7. The largest absolute Gasteiger partial charge is 0.496 e. The molecule has 2 N–H and O–H groups in total. The van der Waals surface area contributed by atoms with Crippen molar-refractivity contribution in [1.82, 2.24) is 9.88 Å². The molecule has 1 aromatic heterocycles. The highest BCUT2D eigenvalue weighted by molar-refractivity contribution is 5.88. The Morgan fingerprint density at radius 1 is 1.20 bits per heavy atom. The molecular weight excluding hydrogens is 454 g/mol. The standard InChI is InChI=1S/C27H30F2N2O4/c1-16-11-24(34-2)22(21-7-9-30-25(16)21)15-31-10-8-19(35-20-13-27(28,29)14-20)12-23(31)17-3-5-18(6-4-17)26(32)33/h3-7,9,11,19-20,23,30H,8,10,12-15H2,1-2H3,(H,32,33)/t19-,23+/m1/s1. The molecule has 5 rings (SSSR count). The molecule has 0 spiro atoms. The molecular formula is C27H30F2N2O4. The van der Waals surface area contributed by atoms with E-state index < -0.39 is 18.0 Å². The molecule has 0 radical (unpaired) electrons. The number of aromatic amines is 1. The van der Waals surface area contributed by atoms with Gasteiger partial charge in [-0.05, 0) is 55.2 Å². The lowest BCUT2D eigenvalue weighted by Crippen LogP contribution is -2.46. The Morgan fingerprint density at radius 3 is 2.60 bits per heavy atom. The number of methoxy groups -OCH3 is 1. The van der Waals surface area contributed by atoms with Crippen molar-refractivity contribution in [2.24, 2.45) is 0 Å². The number of alkyl halides is 2. The summed E-state index contributed by atoms with van der Waals surface area (Å²) in [6.45, 7) is 3.41. The van der Waals surface area contributed by atoms with Gasteiger partial charge < -0.3 is 19.6 Å². The topological polar surface area (TPSA) is 74.8 Å². The number of fused-ring (bicyclic) bond motifs is 1. The van der Waals surface area contributed by atoms with Gasteiger partial charge in [-0.2, -0.15) is 0 Å². The number of H-pyrrole nitrogens is 1. The smallest absolute Gasteiger partial charge is 0.335 e. The van der Waals surface area contributed by atoms with Gasteiger partial charge in [0.1, 0.15) is 5.75 Å². The SMILES string of the molecule is COc1cc(C)c2[nH]ccc2c1CN1CC[C@@H](OC2CC(F)(F)C2)C[C@H]1c1ccc(C(=O)O)cc1. The van der Waals surface area contributed by atoms with Gasteiger partial charge in [-0.25, -0.2) is 13.6 Å². The number of rotatable bonds is 7. The summed E-state index contributed by atoms with van der Waals surface area (Å²) in [5.41, 5.74) is 4.48. The van der Waals surface area contributed by atoms with Crippen LogP contribution in [0.2, 0.25) is 0 Å². The summed E-state index contributed by atoms with van der Waals surface area (Å²) in [4.78, 5) is 17.0. The van der Waals surface area contributed by atoms with Gasteiger partial charge in [0.05, 0.1) is 24.9 Å². The third kappa shape index (κ3) is 4.77. The summed E-state index contributed by atoms with van der Waals surface area (Å²) in [6.07, 6.45) is 2.39. The van der Waals surface area contributed by atoms with Gasteiger partial charge in [0.25, 0.3) is 5.92 Å². The number of aromatic nitrogens is 1. The fourth-order valence-corrected chi connectivity index (χ4v) is 5.45. The van der Waals surface area contributed by atoms with Crippen LogP contribution < -0.4 is 4.74 Å². The van der Waals surface area contributed by atoms with E-state index in [9.17, 15) is 18.7 Å². The van der Waals surface area contributed by atoms with Crippen molar-refractivity contribution >= 4 is 16.9 Å². The molecule has 6 nitrogen and oxygen atoms in total. The van der Waals surface area contributed by atoms with Gasteiger partial charge >= 0.3 is 5.97 Å². The number of halogens is 2. The molecule has 2 aromatic carbocycles. The summed E-state index contributed by atoms with van der Waals surface area (Å²) < 4.78 is 38.5. The van der Waals surface area contributed by atoms with Crippen LogP contribution in [0.4, 0.5) is 8.78 Å². The van der Waals surface area contributed by atoms with Crippen molar-refractivity contribution in [3.8, 4) is 5.75 Å². The summed E-state index contributed by atoms with van der Waals surface area (Å²) in [6, 6.07) is 11.0. The van der Waals surface area contributed by atoms with Gasteiger partial charge in [0, 0.05) is 54.6 Å². The minimum Gasteiger partial charge on any atom is -0.496 e. The number of ether oxygens (including phenoxy) is 2. The molecule has 2 atom stereocenters. The van der Waals surface area contributed by atoms with Gasteiger partial charge in [0.2, 0.25) is 0 Å². The lowest BCUT2D eigenvalue weighted by Gasteiger charge is -2.43. The zero-order valence-corrected chi connectivity index (χ0v) is 19.9. The molecule has 3 aromatic rings. The summed E-state index contributed by atoms with van der Waals surface area (Å²) >= 11 is 0. The molecule has 186 valence electrons. The lowest BCUT2D eigenvalue weighted by molar-refractivity contribution is -0.190. The zero-order chi connectivity index (χ0) is 24.7. The summed E-state index contributed by atoms with van der Waals surface area (Å²) in [5, 5.41) is 10.4. The highest BCUT2D eigenvalue weighted by atomic mass is 19.3. The van der Waals surface area contributed by atoms with E-state index in [-0.39, 0.29) is 30.6 Å². The minimum absolute atomic E-state index is 0.0443. The Bertz CT molecular complexity index is 1220. The average Bonchev–Trinajstić information content (AvgIpc) is 3.31. The fraction of sp³-hybridized carbons (Fsp3) is 0.444. The van der Waals surface area contributed by atoms with Crippen LogP contribution in [0.5, 0.6) is 5.75 Å². The number of hydrogen-bond acceptors (Lipinski definition) is 4. The maximum absolute atomic E-state index is 13.3. The Labute approximate surface area is 202 Å². The van der Waals surface area contributed by atoms with E-state index in [1.54, 1.807) is 19.2 Å². The molecule has 1 saturated carbocycles. The van der Waals surface area contributed by atoms with E-state index in [0.717, 1.165) is 46.3 Å². The van der Waals surface area contributed by atoms with E-state index in [0.29, 0.717) is 13.0 Å². The van der Waals surface area contributed by atoms with Gasteiger partial charge in [-0.15, -0.1) is 0 Å². The predicted octanol–water partition coefficient (Wildman–Crippen LogP) is 5.70. The monoisotopic (exact) mass is 484 g/mol. The van der Waals surface area contributed by atoms with Crippen LogP contribution in [0.3, 0.4) is 0 Å². The fourth-order valence-electron chi connectivity index (χ4n) is 5.45. The third-order valence-electron chi connectivity index (χ3n) is 7.34. The molecule has 2 aliphatic rings. The first-order valence-electron chi connectivity index (χ1n) is 12.0. The second-order valence-corrected chi connectivity index (χ2v) is 9.72. The molecule has 0 unspecified atom stereocenters. The quantitative estimate of drug-likeness (QED) is 0.450. The molecule has 1 aliphatic carbocycles. The highest BCUT2D eigenvalue weighted by Crippen LogP contribution is 2.43. The molecule has 0 amide bonds. The Kier molecular flexibility index (Phi) is 6.27. The maximum Gasteiger partial charge on any atom is 0.335 e. The number of hydrogen-bond donors (Lipinski definition) is 2. The number of nitrogens with one attached hydrogen (secondary N) is 1. The first-order chi connectivity index (χ1) is 16.7. The molecule has 35 heavy (non-hydrogen) atoms. The third-order valence-corrected chi connectivity index (χ3v) is 7.34. The molecule has 1 saturated heterocycles. The first-order valence-corrected chi connectivity index (χ1v) is 12.0. The van der Waals surface area contributed by atoms with E-state index in [1.165, 1.54) is 0 Å². The highest BCUT2D eigenvalue weighted by Gasteiger charge is 2.47. The van der Waals surface area contributed by atoms with Crippen LogP contribution in [0.15, 0.2) is 42.6 Å². The van der Waals surface area contributed by atoms with Crippen molar-refractivity contribution in [1.29, 1.82) is 0 Å². The average molecular weight is 485 g/mol. The van der Waals surface area contributed by atoms with Gasteiger partial charge in [-0.1, -0.05) is 12.1 Å². The second-order valence-electron chi connectivity index (χ2n) is 9.72. The van der Waals surface area contributed by atoms with Crippen molar-refractivity contribution < 1.29 is 28.2 Å². The molecule has 2 fully saturated rings. The van der Waals surface area contributed by atoms with Crippen LogP contribution >= 0.6 is 0 Å². The van der Waals surface area contributed by atoms with Crippen molar-refractivity contribution in [3.05, 3.63) is 64.8 Å². The Balaban J connectivity index is 1.43. The number of aromatic carboxylic acids is 1. The maximum atomic E-state index is 13.3. The van der Waals surface area contributed by atoms with E-state index >= 15 is 0 Å². The number of piperidine rings is 1. The van der Waals surface area contributed by atoms with Crippen molar-refractivity contribution in [2.75, 3.05) is 13.7 Å². The second kappa shape index (κ2) is 9.24. The van der Waals surface area contributed by atoms with Crippen LogP contribution in [0, 0.1) is 6.92 Å². The first kappa shape index (κ1) is 23.8. The zero-order valence-electron chi connectivity index (χ0n) is 19.9. The summed E-state index contributed by atoms with van der Waals surface area (Å²) in [5.74, 6) is -2.76. The number of carbonyl (C=O) groups is 1. The van der Waals surface area contributed by atoms with Crippen LogP contribution in [0.1, 0.15) is 58.8 Å². The predicted molar refractivity (Wildman–Crippen MR) is 128 cm³/mol. The lowest BCUT2D eigenvalue weighted by atomic mass is 9.88. The number of aryl methyl sites for hydroxylation is 1. The van der Waals surface area contributed by atoms with Crippen molar-refractivity contribution in [3.63, 3.8) is 0 Å². The van der Waals surface area contributed by atoms with Gasteiger partial charge in [-0.3, -0.25) is 4.90 Å². The molecule has 1 aliphatic heterocycles. The number of carboxylic acids is 1. The number of likely N-dealkylation sites (tertiary alicyclic amines) is 1. The van der Waals surface area contributed by atoms with Crippen molar-refractivity contribution in [2.45, 2.75) is 63.3 Å². The Hall–Kier alpha value is -2.97. The van der Waals surface area contributed by atoms with Gasteiger partial charge in [0.15, 0.2) is 0 Å². The molecule has 0 bridgehead atoms. The van der Waals surface area contributed by atoms with Crippen LogP contribution in [-0.2, 0) is 11.3 Å². The van der Waals surface area contributed by atoms with E-state index in [2.05, 4.69) is 16.0 Å². The Morgan fingerprint density at radius 2 is 1.94 bits per heavy atom. The summed E-state index contributed by atoms with van der Waals surface area (Å²) in [7, 11) is 1.67. The van der Waals surface area contributed by atoms with E-state index in [4.69, 9.17) is 9.47 Å². The van der Waals surface area contributed by atoms with Crippen LogP contribution in [0.25, 0.3) is 10.9 Å². The molecule has 2 heterocycles.